The molecule has 0 aliphatic carbocycles. The van der Waals surface area contributed by atoms with Gasteiger partial charge in [0.2, 0.25) is 16.0 Å². The van der Waals surface area contributed by atoms with Gasteiger partial charge in [-0.25, -0.2) is 22.5 Å². The van der Waals surface area contributed by atoms with Gasteiger partial charge in [-0.1, -0.05) is 0 Å². The first-order valence-electron chi connectivity index (χ1n) is 3.65. The Kier molecular flexibility index (Phi) is 2.73. The second-order valence-corrected chi connectivity index (χ2v) is 4.65. The first kappa shape index (κ1) is 10.5. The van der Waals surface area contributed by atoms with E-state index in [9.17, 15) is 13.2 Å². The normalized spacial score (nSPS) is 15.6. The number of nitrogens with one attached hydrogen (secondary N) is 1. The summed E-state index contributed by atoms with van der Waals surface area (Å²) >= 11 is 0. The number of hydrogen-bond acceptors (Lipinski definition) is 5. The van der Waals surface area contributed by atoms with Crippen LogP contribution in [0.15, 0.2) is 23.0 Å². The standard InChI is InChI=1S/C7H9N3O3S/c1-10(14(2,12)13)7-8-4-3-6(5-11)9-7/h3-4H,1-2H3,(H,8,9). The van der Waals surface area contributed by atoms with Crippen molar-refractivity contribution in [2.75, 3.05) is 13.3 Å². The van der Waals surface area contributed by atoms with E-state index in [4.69, 9.17) is 0 Å². The lowest BCUT2D eigenvalue weighted by Gasteiger charge is -2.20. The summed E-state index contributed by atoms with van der Waals surface area (Å²) in [6, 6.07) is 0. The molecule has 0 atom stereocenters. The number of guanidine groups is 1. The monoisotopic (exact) mass is 215 g/mol. The highest BCUT2D eigenvalue weighted by atomic mass is 32.2. The van der Waals surface area contributed by atoms with Crippen molar-refractivity contribution in [2.45, 2.75) is 0 Å². The smallest absolute Gasteiger partial charge is 0.234 e. The number of sulfonamides is 1. The van der Waals surface area contributed by atoms with Crippen LogP contribution in [-0.2, 0) is 14.8 Å². The number of aliphatic imine (C=N–C) groups is 1. The molecule has 7 heteroatoms. The van der Waals surface area contributed by atoms with Crippen molar-refractivity contribution < 1.29 is 13.2 Å². The molecule has 14 heavy (non-hydrogen) atoms. The Morgan fingerprint density at radius 2 is 2.21 bits per heavy atom. The summed E-state index contributed by atoms with van der Waals surface area (Å²) in [5, 5.41) is 2.51. The molecule has 0 bridgehead atoms. The molecular weight excluding hydrogens is 206 g/mol. The molecule has 0 saturated carbocycles. The molecule has 1 N–H and O–H groups in total. The molecule has 0 aromatic rings. The van der Waals surface area contributed by atoms with E-state index in [1.54, 1.807) is 5.94 Å². The van der Waals surface area contributed by atoms with Crippen LogP contribution in [0.3, 0.4) is 0 Å². The molecule has 1 aliphatic rings. The Labute approximate surface area is 81.7 Å². The molecule has 0 fully saturated rings. The minimum Gasteiger partial charge on any atom is -0.316 e. The topological polar surface area (TPSA) is 78.8 Å². The molecule has 0 saturated heterocycles. The fourth-order valence-corrected chi connectivity index (χ4v) is 1.16. The third-order valence-corrected chi connectivity index (χ3v) is 2.76. The van der Waals surface area contributed by atoms with E-state index in [1.807, 2.05) is 0 Å². The van der Waals surface area contributed by atoms with Crippen molar-refractivity contribution in [3.63, 3.8) is 0 Å². The van der Waals surface area contributed by atoms with Crippen LogP contribution in [0.2, 0.25) is 0 Å². The fraction of sp³-hybridized carbons (Fsp3) is 0.286. The largest absolute Gasteiger partial charge is 0.316 e. The lowest BCUT2D eigenvalue weighted by molar-refractivity contribution is 0.553. The van der Waals surface area contributed by atoms with E-state index in [0.717, 1.165) is 10.6 Å². The zero-order valence-electron chi connectivity index (χ0n) is 7.68. The van der Waals surface area contributed by atoms with Crippen LogP contribution >= 0.6 is 0 Å². The summed E-state index contributed by atoms with van der Waals surface area (Å²) in [6.45, 7) is 0. The van der Waals surface area contributed by atoms with Gasteiger partial charge in [-0.05, 0) is 6.08 Å². The van der Waals surface area contributed by atoms with Gasteiger partial charge in [0.25, 0.3) is 0 Å². The molecule has 1 heterocycles. The SMILES string of the molecule is CN(C1=NC=CC(=C=O)N1)S(C)(=O)=O. The average Bonchev–Trinajstić information content (AvgIpc) is 2.15. The zero-order chi connectivity index (χ0) is 10.8. The second kappa shape index (κ2) is 3.65. The summed E-state index contributed by atoms with van der Waals surface area (Å²) in [7, 11) is -2.04. The van der Waals surface area contributed by atoms with Crippen molar-refractivity contribution in [1.82, 2.24) is 9.62 Å². The summed E-state index contributed by atoms with van der Waals surface area (Å²) < 4.78 is 23.1. The zero-order valence-corrected chi connectivity index (χ0v) is 8.50. The molecule has 76 valence electrons. The minimum atomic E-state index is -3.37. The molecule has 1 rings (SSSR count). The maximum absolute atomic E-state index is 11.1. The van der Waals surface area contributed by atoms with Gasteiger partial charge in [0.15, 0.2) is 5.94 Å². The maximum atomic E-state index is 11.1. The lowest BCUT2D eigenvalue weighted by Crippen LogP contribution is -2.42. The van der Waals surface area contributed by atoms with Crippen molar-refractivity contribution in [2.24, 2.45) is 4.99 Å². The third kappa shape index (κ3) is 2.21. The van der Waals surface area contributed by atoms with E-state index in [1.165, 1.54) is 19.3 Å². The van der Waals surface area contributed by atoms with Crippen molar-refractivity contribution in [3.05, 3.63) is 18.0 Å². The predicted octanol–water partition coefficient (Wildman–Crippen LogP) is -0.934. The Balaban J connectivity index is 2.97. The molecule has 0 radical (unpaired) electrons. The van der Waals surface area contributed by atoms with Gasteiger partial charge in [-0.2, -0.15) is 0 Å². The van der Waals surface area contributed by atoms with Gasteiger partial charge in [-0.3, -0.25) is 0 Å². The van der Waals surface area contributed by atoms with Crippen molar-refractivity contribution >= 4 is 21.9 Å². The highest BCUT2D eigenvalue weighted by molar-refractivity contribution is 7.88. The van der Waals surface area contributed by atoms with Crippen LogP contribution in [0.25, 0.3) is 0 Å². The molecule has 0 unspecified atom stereocenters. The van der Waals surface area contributed by atoms with Gasteiger partial charge in [0.05, 0.1) is 6.26 Å². The summed E-state index contributed by atoms with van der Waals surface area (Å²) in [6.07, 6.45) is 3.76. The number of carbonyl (C=O) groups excluding carboxylic acids is 1. The Bertz CT molecular complexity index is 443. The Hall–Kier alpha value is -1.59. The van der Waals surface area contributed by atoms with Crippen LogP contribution in [0, 0.1) is 0 Å². The van der Waals surface area contributed by atoms with Crippen molar-refractivity contribution in [3.8, 4) is 0 Å². The van der Waals surface area contributed by atoms with Crippen molar-refractivity contribution in [1.29, 1.82) is 0 Å². The van der Waals surface area contributed by atoms with E-state index < -0.39 is 10.0 Å². The van der Waals surface area contributed by atoms with E-state index in [0.29, 0.717) is 0 Å². The first-order chi connectivity index (χ1) is 6.45. The highest BCUT2D eigenvalue weighted by Gasteiger charge is 2.18. The van der Waals surface area contributed by atoms with Crippen LogP contribution in [-0.4, -0.2) is 37.9 Å². The Morgan fingerprint density at radius 3 is 2.71 bits per heavy atom. The maximum Gasteiger partial charge on any atom is 0.234 e. The molecule has 1 aliphatic heterocycles. The average molecular weight is 215 g/mol. The second-order valence-electron chi connectivity index (χ2n) is 2.64. The lowest BCUT2D eigenvalue weighted by atomic mass is 10.4. The fourth-order valence-electron chi connectivity index (χ4n) is 0.753. The van der Waals surface area contributed by atoms with E-state index >= 15 is 0 Å². The summed E-state index contributed by atoms with van der Waals surface area (Å²) in [4.78, 5) is 14.0. The van der Waals surface area contributed by atoms with Crippen LogP contribution in [0.4, 0.5) is 0 Å². The van der Waals surface area contributed by atoms with Gasteiger partial charge in [0.1, 0.15) is 5.70 Å². The summed E-state index contributed by atoms with van der Waals surface area (Å²) in [5.74, 6) is 1.68. The number of rotatable bonds is 1. The number of nitrogens with zero attached hydrogens (tertiary/aromatic N) is 2. The van der Waals surface area contributed by atoms with Gasteiger partial charge in [0, 0.05) is 13.2 Å². The number of hydrogen-bond donors (Lipinski definition) is 1. The van der Waals surface area contributed by atoms with Crippen LogP contribution < -0.4 is 5.32 Å². The number of allylic oxidation sites excluding steroid dienone is 1. The predicted molar refractivity (Wildman–Crippen MR) is 51.5 cm³/mol. The molecule has 6 nitrogen and oxygen atoms in total. The molecule has 0 aromatic heterocycles. The van der Waals surface area contributed by atoms with E-state index in [-0.39, 0.29) is 11.7 Å². The van der Waals surface area contributed by atoms with Gasteiger partial charge >= 0.3 is 0 Å². The summed E-state index contributed by atoms with van der Waals surface area (Å²) in [5.41, 5.74) is 0.144. The minimum absolute atomic E-state index is 0.0772. The van der Waals surface area contributed by atoms with E-state index in [2.05, 4.69) is 10.3 Å². The Morgan fingerprint density at radius 1 is 1.57 bits per heavy atom. The molecule has 0 aromatic carbocycles. The molecule has 0 amide bonds. The van der Waals surface area contributed by atoms with Crippen LogP contribution in [0.1, 0.15) is 0 Å². The molecular formula is C7H9N3O3S. The quantitative estimate of drug-likeness (QED) is 0.573. The molecule has 0 spiro atoms. The van der Waals surface area contributed by atoms with Gasteiger partial charge < -0.3 is 5.32 Å². The van der Waals surface area contributed by atoms with Gasteiger partial charge in [-0.15, -0.1) is 0 Å². The highest BCUT2D eigenvalue weighted by Crippen LogP contribution is 2.01. The first-order valence-corrected chi connectivity index (χ1v) is 5.50. The van der Waals surface area contributed by atoms with Crippen LogP contribution in [0.5, 0.6) is 0 Å². The third-order valence-electron chi connectivity index (χ3n) is 1.59.